The molecule has 0 amide bonds. The summed E-state index contributed by atoms with van der Waals surface area (Å²) in [6, 6.07) is 8.42. The Morgan fingerprint density at radius 1 is 0.636 bits per heavy atom. The highest BCUT2D eigenvalue weighted by atomic mass is 16.5. The number of esters is 1. The minimum Gasteiger partial charge on any atom is -0.461 e. The van der Waals surface area contributed by atoms with E-state index in [0.717, 1.165) is 18.4 Å². The quantitative estimate of drug-likeness (QED) is 0.143. The minimum atomic E-state index is -0.0594. The molecule has 0 bridgehead atoms. The number of hydrogen-bond acceptors (Lipinski definition) is 2. The molecule has 0 N–H and O–H groups in total. The van der Waals surface area contributed by atoms with Gasteiger partial charge in [0.1, 0.15) is 6.61 Å². The maximum atomic E-state index is 12.0. The Morgan fingerprint density at radius 3 is 1.42 bits per heavy atom. The number of ether oxygens (including phenoxy) is 1. The molecule has 0 aliphatic rings. The van der Waals surface area contributed by atoms with Gasteiger partial charge in [0.15, 0.2) is 0 Å². The van der Waals surface area contributed by atoms with Crippen LogP contribution in [0.2, 0.25) is 0 Å². The Labute approximate surface area is 206 Å². The van der Waals surface area contributed by atoms with E-state index in [1.807, 2.05) is 0 Å². The number of hydrogen-bond donors (Lipinski definition) is 0. The van der Waals surface area contributed by atoms with E-state index in [2.05, 4.69) is 52.0 Å². The summed E-state index contributed by atoms with van der Waals surface area (Å²) in [7, 11) is 0. The molecule has 0 atom stereocenters. The van der Waals surface area contributed by atoms with E-state index in [0.29, 0.717) is 13.0 Å². The molecule has 0 fully saturated rings. The van der Waals surface area contributed by atoms with Gasteiger partial charge in [-0.3, -0.25) is 4.79 Å². The van der Waals surface area contributed by atoms with E-state index in [1.165, 1.54) is 102 Å². The lowest BCUT2D eigenvalue weighted by Crippen LogP contribution is -2.11. The molecule has 1 rings (SSSR count). The van der Waals surface area contributed by atoms with E-state index >= 15 is 0 Å². The van der Waals surface area contributed by atoms with Gasteiger partial charge in [-0.15, -0.1) is 0 Å². The minimum absolute atomic E-state index is 0.0594. The lowest BCUT2D eigenvalue weighted by Gasteiger charge is -2.19. The zero-order valence-electron chi connectivity index (χ0n) is 22.6. The molecule has 0 unspecified atom stereocenters. The molecule has 0 saturated heterocycles. The van der Waals surface area contributed by atoms with Crippen molar-refractivity contribution in [2.75, 3.05) is 0 Å². The van der Waals surface area contributed by atoms with Crippen molar-refractivity contribution in [3.63, 3.8) is 0 Å². The van der Waals surface area contributed by atoms with Gasteiger partial charge in [0.2, 0.25) is 0 Å². The van der Waals surface area contributed by atoms with Gasteiger partial charge in [-0.05, 0) is 23.0 Å². The van der Waals surface area contributed by atoms with Gasteiger partial charge in [-0.25, -0.2) is 0 Å². The molecule has 33 heavy (non-hydrogen) atoms. The number of carbonyl (C=O) groups excluding carboxylic acids is 1. The first-order valence-electron chi connectivity index (χ1n) is 14.2. The van der Waals surface area contributed by atoms with Gasteiger partial charge in [-0.2, -0.15) is 0 Å². The molecule has 2 nitrogen and oxygen atoms in total. The van der Waals surface area contributed by atoms with Crippen LogP contribution < -0.4 is 0 Å². The molecular formula is C31H54O2. The van der Waals surface area contributed by atoms with Gasteiger partial charge < -0.3 is 4.74 Å². The molecule has 1 aromatic rings. The summed E-state index contributed by atoms with van der Waals surface area (Å²) in [6.07, 6.45) is 23.6. The third kappa shape index (κ3) is 16.9. The van der Waals surface area contributed by atoms with E-state index in [1.54, 1.807) is 0 Å². The molecule has 0 spiro atoms. The Bertz CT molecular complexity index is 582. The van der Waals surface area contributed by atoms with Crippen LogP contribution in [-0.2, 0) is 21.6 Å². The Hall–Kier alpha value is -1.31. The molecule has 0 aromatic heterocycles. The van der Waals surface area contributed by atoms with Crippen molar-refractivity contribution in [1.82, 2.24) is 0 Å². The highest BCUT2D eigenvalue weighted by Crippen LogP contribution is 2.22. The number of unbranched alkanes of at least 4 members (excludes halogenated alkanes) is 16. The van der Waals surface area contributed by atoms with Crippen LogP contribution in [0.3, 0.4) is 0 Å². The summed E-state index contributed by atoms with van der Waals surface area (Å²) in [5.74, 6) is -0.0594. The van der Waals surface area contributed by atoms with E-state index < -0.39 is 0 Å². The first kappa shape index (κ1) is 29.7. The number of rotatable bonds is 20. The smallest absolute Gasteiger partial charge is 0.306 e. The fourth-order valence-corrected chi connectivity index (χ4v) is 4.33. The summed E-state index contributed by atoms with van der Waals surface area (Å²) < 4.78 is 5.44. The lowest BCUT2D eigenvalue weighted by atomic mass is 9.87. The number of carbonyl (C=O) groups is 1. The largest absolute Gasteiger partial charge is 0.461 e. The Balaban J connectivity index is 1.85. The van der Waals surface area contributed by atoms with Crippen molar-refractivity contribution >= 4 is 5.97 Å². The molecule has 2 heteroatoms. The first-order valence-corrected chi connectivity index (χ1v) is 14.2. The van der Waals surface area contributed by atoms with Gasteiger partial charge in [0, 0.05) is 6.42 Å². The van der Waals surface area contributed by atoms with Gasteiger partial charge >= 0.3 is 5.97 Å². The van der Waals surface area contributed by atoms with Crippen LogP contribution in [-0.4, -0.2) is 5.97 Å². The summed E-state index contributed by atoms with van der Waals surface area (Å²) >= 11 is 0. The standard InChI is InChI=1S/C31H54O2/c1-5-6-7-8-9-10-11-12-13-14-15-16-17-18-19-20-21-22-30(32)33-27-28-23-25-29(26-24-28)31(2,3)4/h23-26H,5-22,27H2,1-4H3. The second kappa shape index (κ2) is 19.0. The number of benzene rings is 1. The average Bonchev–Trinajstić information content (AvgIpc) is 2.79. The summed E-state index contributed by atoms with van der Waals surface area (Å²) in [5, 5.41) is 0. The lowest BCUT2D eigenvalue weighted by molar-refractivity contribution is -0.145. The predicted octanol–water partition coefficient (Wildman–Crippen LogP) is 10.1. The second-order valence-corrected chi connectivity index (χ2v) is 11.0. The maximum absolute atomic E-state index is 12.0. The van der Waals surface area contributed by atoms with Gasteiger partial charge in [0.05, 0.1) is 0 Å². The third-order valence-electron chi connectivity index (χ3n) is 6.70. The Morgan fingerprint density at radius 2 is 1.03 bits per heavy atom. The van der Waals surface area contributed by atoms with Crippen LogP contribution in [0.5, 0.6) is 0 Å². The van der Waals surface area contributed by atoms with Crippen LogP contribution >= 0.6 is 0 Å². The predicted molar refractivity (Wildman–Crippen MR) is 144 cm³/mol. The van der Waals surface area contributed by atoms with Crippen LogP contribution in [0, 0.1) is 0 Å². The summed E-state index contributed by atoms with van der Waals surface area (Å²) in [6.45, 7) is 9.30. The van der Waals surface area contributed by atoms with Crippen LogP contribution in [0.25, 0.3) is 0 Å². The van der Waals surface area contributed by atoms with Crippen molar-refractivity contribution < 1.29 is 9.53 Å². The molecule has 0 heterocycles. The molecule has 1 aromatic carbocycles. The van der Waals surface area contributed by atoms with Crippen molar-refractivity contribution in [1.29, 1.82) is 0 Å². The van der Waals surface area contributed by atoms with Crippen LogP contribution in [0.4, 0.5) is 0 Å². The van der Waals surface area contributed by atoms with Crippen molar-refractivity contribution in [3.8, 4) is 0 Å². The molecule has 190 valence electrons. The highest BCUT2D eigenvalue weighted by molar-refractivity contribution is 5.69. The van der Waals surface area contributed by atoms with E-state index in [-0.39, 0.29) is 11.4 Å². The van der Waals surface area contributed by atoms with Gasteiger partial charge in [-0.1, -0.05) is 155 Å². The van der Waals surface area contributed by atoms with Crippen LogP contribution in [0.15, 0.2) is 24.3 Å². The van der Waals surface area contributed by atoms with Crippen molar-refractivity contribution in [2.45, 2.75) is 155 Å². The summed E-state index contributed by atoms with van der Waals surface area (Å²) in [5.41, 5.74) is 2.53. The normalized spacial score (nSPS) is 11.6. The second-order valence-electron chi connectivity index (χ2n) is 11.0. The van der Waals surface area contributed by atoms with E-state index in [9.17, 15) is 4.79 Å². The molecular weight excluding hydrogens is 404 g/mol. The zero-order chi connectivity index (χ0) is 24.2. The molecule has 0 aliphatic heterocycles. The summed E-state index contributed by atoms with van der Waals surface area (Å²) in [4.78, 5) is 12.0. The van der Waals surface area contributed by atoms with E-state index in [4.69, 9.17) is 4.74 Å². The monoisotopic (exact) mass is 458 g/mol. The molecule has 0 aliphatic carbocycles. The SMILES string of the molecule is CCCCCCCCCCCCCCCCCCCC(=O)OCc1ccc(C(C)(C)C)cc1. The van der Waals surface area contributed by atoms with Gasteiger partial charge in [0.25, 0.3) is 0 Å². The zero-order valence-corrected chi connectivity index (χ0v) is 22.6. The molecule has 0 radical (unpaired) electrons. The van der Waals surface area contributed by atoms with Crippen molar-refractivity contribution in [3.05, 3.63) is 35.4 Å². The highest BCUT2D eigenvalue weighted by Gasteiger charge is 2.13. The Kier molecular flexibility index (Phi) is 17.2. The van der Waals surface area contributed by atoms with Crippen LogP contribution in [0.1, 0.15) is 154 Å². The topological polar surface area (TPSA) is 26.3 Å². The third-order valence-corrected chi connectivity index (χ3v) is 6.70. The average molecular weight is 459 g/mol. The first-order chi connectivity index (χ1) is 15.9. The molecule has 0 saturated carbocycles. The van der Waals surface area contributed by atoms with Crippen molar-refractivity contribution in [2.24, 2.45) is 0 Å². The maximum Gasteiger partial charge on any atom is 0.306 e. The fraction of sp³-hybridized carbons (Fsp3) is 0.774. The fourth-order valence-electron chi connectivity index (χ4n) is 4.33.